The number of carboxylic acids is 1. The second-order valence-electron chi connectivity index (χ2n) is 5.47. The van der Waals surface area contributed by atoms with Crippen molar-refractivity contribution in [3.63, 3.8) is 0 Å². The molecule has 0 radical (unpaired) electrons. The standard InChI is InChI=1S/C14H22N2O9/c17-10(4-12(20)25-7-11(18)19)13(21)9-6-15-8(5-16-9)2-1-3-14(22,23)24/h5-6,10,12-13,17,20-24H,1-4,7H2,(H,18,19). The number of ether oxygens (including phenoxy) is 1. The van der Waals surface area contributed by atoms with E-state index in [9.17, 15) is 20.1 Å². The molecule has 11 heteroatoms. The first-order valence-corrected chi connectivity index (χ1v) is 7.44. The van der Waals surface area contributed by atoms with E-state index in [1.54, 1.807) is 0 Å². The third kappa shape index (κ3) is 8.79. The van der Waals surface area contributed by atoms with Gasteiger partial charge in [0.1, 0.15) is 12.7 Å². The molecule has 1 aromatic rings. The Morgan fingerprint density at radius 1 is 1.16 bits per heavy atom. The van der Waals surface area contributed by atoms with Gasteiger partial charge in [-0.15, -0.1) is 0 Å². The highest BCUT2D eigenvalue weighted by molar-refractivity contribution is 5.67. The fourth-order valence-corrected chi connectivity index (χ4v) is 1.92. The predicted molar refractivity (Wildman–Crippen MR) is 79.5 cm³/mol. The predicted octanol–water partition coefficient (Wildman–Crippen LogP) is -2.37. The van der Waals surface area contributed by atoms with Crippen LogP contribution in [0.4, 0.5) is 0 Å². The van der Waals surface area contributed by atoms with Gasteiger partial charge in [0, 0.05) is 19.0 Å². The SMILES string of the molecule is O=C(O)COC(O)CC(O)C(O)c1cnc(CCCC(O)(O)O)cn1. The highest BCUT2D eigenvalue weighted by atomic mass is 16.7. The topological polar surface area (TPSA) is 194 Å². The molecule has 0 aliphatic rings. The summed E-state index contributed by atoms with van der Waals surface area (Å²) in [6, 6.07) is 0. The number of nitrogens with zero attached hydrogens (tertiary/aromatic N) is 2. The van der Waals surface area contributed by atoms with Crippen molar-refractivity contribution in [3.05, 3.63) is 23.8 Å². The van der Waals surface area contributed by atoms with Crippen LogP contribution in [0.3, 0.4) is 0 Å². The third-order valence-corrected chi connectivity index (χ3v) is 3.18. The van der Waals surface area contributed by atoms with Crippen molar-refractivity contribution in [3.8, 4) is 0 Å². The van der Waals surface area contributed by atoms with Crippen LogP contribution in [0.5, 0.6) is 0 Å². The number of rotatable bonds is 11. The maximum atomic E-state index is 10.3. The van der Waals surface area contributed by atoms with Gasteiger partial charge < -0.3 is 40.5 Å². The van der Waals surface area contributed by atoms with Crippen LogP contribution in [-0.4, -0.2) is 76.7 Å². The Morgan fingerprint density at radius 3 is 2.36 bits per heavy atom. The van der Waals surface area contributed by atoms with Gasteiger partial charge in [0.05, 0.1) is 23.7 Å². The molecular weight excluding hydrogens is 340 g/mol. The fourth-order valence-electron chi connectivity index (χ4n) is 1.92. The van der Waals surface area contributed by atoms with Crippen molar-refractivity contribution < 1.29 is 45.3 Å². The highest BCUT2D eigenvalue weighted by Gasteiger charge is 2.24. The molecule has 3 atom stereocenters. The molecular formula is C14H22N2O9. The maximum Gasteiger partial charge on any atom is 0.329 e. The van der Waals surface area contributed by atoms with Crippen LogP contribution in [0.2, 0.25) is 0 Å². The molecule has 0 aliphatic carbocycles. The van der Waals surface area contributed by atoms with Crippen molar-refractivity contribution in [1.29, 1.82) is 0 Å². The molecule has 0 saturated carbocycles. The van der Waals surface area contributed by atoms with Crippen LogP contribution < -0.4 is 0 Å². The first-order chi connectivity index (χ1) is 11.6. The van der Waals surface area contributed by atoms with Gasteiger partial charge in [-0.3, -0.25) is 9.97 Å². The number of hydrogen-bond donors (Lipinski definition) is 7. The molecule has 0 saturated heterocycles. The summed E-state index contributed by atoms with van der Waals surface area (Å²) in [5.74, 6) is -4.02. The number of aliphatic hydroxyl groups excluding tert-OH is 3. The Kier molecular flexibility index (Phi) is 8.25. The van der Waals surface area contributed by atoms with E-state index in [0.717, 1.165) is 0 Å². The number of carbonyl (C=O) groups is 1. The first kappa shape index (κ1) is 21.3. The van der Waals surface area contributed by atoms with E-state index in [0.29, 0.717) is 12.1 Å². The van der Waals surface area contributed by atoms with Crippen LogP contribution in [0.1, 0.15) is 36.8 Å². The molecule has 0 aromatic carbocycles. The second-order valence-corrected chi connectivity index (χ2v) is 5.47. The smallest absolute Gasteiger partial charge is 0.329 e. The highest BCUT2D eigenvalue weighted by Crippen LogP contribution is 2.18. The third-order valence-electron chi connectivity index (χ3n) is 3.18. The van der Waals surface area contributed by atoms with E-state index in [1.807, 2.05) is 0 Å². The number of hydrogen-bond acceptors (Lipinski definition) is 10. The zero-order valence-electron chi connectivity index (χ0n) is 13.3. The summed E-state index contributed by atoms with van der Waals surface area (Å²) >= 11 is 0. The number of carboxylic acid groups (broad SMARTS) is 1. The van der Waals surface area contributed by atoms with Crippen molar-refractivity contribution in [2.24, 2.45) is 0 Å². The van der Waals surface area contributed by atoms with E-state index < -0.39 is 43.5 Å². The van der Waals surface area contributed by atoms with Gasteiger partial charge in [0.2, 0.25) is 0 Å². The second kappa shape index (κ2) is 9.68. The number of aryl methyl sites for hydroxylation is 1. The molecule has 0 aliphatic heterocycles. The molecule has 0 spiro atoms. The summed E-state index contributed by atoms with van der Waals surface area (Å²) in [5.41, 5.74) is 0.502. The van der Waals surface area contributed by atoms with Gasteiger partial charge in [0.25, 0.3) is 5.97 Å². The Balaban J connectivity index is 2.49. The van der Waals surface area contributed by atoms with E-state index in [-0.39, 0.29) is 18.5 Å². The quantitative estimate of drug-likeness (QED) is 0.208. The molecule has 0 bridgehead atoms. The summed E-state index contributed by atoms with van der Waals surface area (Å²) in [5, 5.41) is 63.9. The lowest BCUT2D eigenvalue weighted by molar-refractivity contribution is -0.314. The van der Waals surface area contributed by atoms with Gasteiger partial charge in [-0.25, -0.2) is 4.79 Å². The van der Waals surface area contributed by atoms with E-state index in [2.05, 4.69) is 14.7 Å². The average molecular weight is 362 g/mol. The minimum atomic E-state index is -2.74. The lowest BCUT2D eigenvalue weighted by Crippen LogP contribution is -2.28. The molecule has 3 unspecified atom stereocenters. The van der Waals surface area contributed by atoms with E-state index in [4.69, 9.17) is 20.4 Å². The summed E-state index contributed by atoms with van der Waals surface area (Å²) in [4.78, 5) is 18.2. The lowest BCUT2D eigenvalue weighted by atomic mass is 10.1. The molecule has 0 fully saturated rings. The van der Waals surface area contributed by atoms with Crippen molar-refractivity contribution >= 4 is 5.97 Å². The first-order valence-electron chi connectivity index (χ1n) is 7.44. The molecule has 142 valence electrons. The maximum absolute atomic E-state index is 10.3. The number of aromatic nitrogens is 2. The Hall–Kier alpha value is -1.73. The summed E-state index contributed by atoms with van der Waals surface area (Å²) in [7, 11) is 0. The molecule has 7 N–H and O–H groups in total. The van der Waals surface area contributed by atoms with E-state index >= 15 is 0 Å². The van der Waals surface area contributed by atoms with Crippen LogP contribution >= 0.6 is 0 Å². The average Bonchev–Trinajstić information content (AvgIpc) is 2.51. The molecule has 11 nitrogen and oxygen atoms in total. The van der Waals surface area contributed by atoms with Crippen LogP contribution in [0.15, 0.2) is 12.4 Å². The largest absolute Gasteiger partial charge is 0.480 e. The lowest BCUT2D eigenvalue weighted by Gasteiger charge is -2.20. The fraction of sp³-hybridized carbons (Fsp3) is 0.643. The van der Waals surface area contributed by atoms with Crippen LogP contribution in [-0.2, 0) is 16.0 Å². The Labute approximate surface area is 142 Å². The van der Waals surface area contributed by atoms with Crippen molar-refractivity contribution in [2.75, 3.05) is 6.61 Å². The normalized spacial score (nSPS) is 15.6. The monoisotopic (exact) mass is 362 g/mol. The molecule has 25 heavy (non-hydrogen) atoms. The summed E-state index contributed by atoms with van der Waals surface area (Å²) in [6.07, 6.45) is -2.13. The zero-order valence-corrected chi connectivity index (χ0v) is 13.3. The Morgan fingerprint density at radius 2 is 1.84 bits per heavy atom. The molecule has 0 amide bonds. The van der Waals surface area contributed by atoms with Crippen molar-refractivity contribution in [2.45, 2.75) is 50.2 Å². The van der Waals surface area contributed by atoms with Gasteiger partial charge in [-0.1, -0.05) is 0 Å². The van der Waals surface area contributed by atoms with Gasteiger partial charge in [-0.2, -0.15) is 0 Å². The molecule has 1 aromatic heterocycles. The molecule has 1 heterocycles. The molecule has 1 rings (SSSR count). The minimum Gasteiger partial charge on any atom is -0.480 e. The van der Waals surface area contributed by atoms with Crippen LogP contribution in [0, 0.1) is 0 Å². The van der Waals surface area contributed by atoms with Gasteiger partial charge in [-0.05, 0) is 12.8 Å². The van der Waals surface area contributed by atoms with Gasteiger partial charge >= 0.3 is 5.97 Å². The number of aliphatic carboxylic acids is 1. The summed E-state index contributed by atoms with van der Waals surface area (Å²) < 4.78 is 4.54. The van der Waals surface area contributed by atoms with E-state index in [1.165, 1.54) is 12.4 Å². The Bertz CT molecular complexity index is 532. The van der Waals surface area contributed by atoms with Crippen LogP contribution in [0.25, 0.3) is 0 Å². The van der Waals surface area contributed by atoms with Gasteiger partial charge in [0.15, 0.2) is 6.29 Å². The number of aliphatic hydroxyl groups is 6. The minimum absolute atomic E-state index is 0.0301. The summed E-state index contributed by atoms with van der Waals surface area (Å²) in [6.45, 7) is -0.741. The zero-order chi connectivity index (χ0) is 19.0. The van der Waals surface area contributed by atoms with Crippen molar-refractivity contribution in [1.82, 2.24) is 9.97 Å².